The number of aromatic hydroxyl groups is 1. The van der Waals surface area contributed by atoms with Crippen LogP contribution in [0.4, 0.5) is 0 Å². The van der Waals surface area contributed by atoms with Gasteiger partial charge in [0.2, 0.25) is 5.91 Å². The molecule has 2 heterocycles. The zero-order valence-corrected chi connectivity index (χ0v) is 24.1. The maximum Gasteiger partial charge on any atom is 0.224 e. The summed E-state index contributed by atoms with van der Waals surface area (Å²) in [7, 11) is 3.29. The van der Waals surface area contributed by atoms with Crippen LogP contribution in [0, 0.1) is 0 Å². The van der Waals surface area contributed by atoms with Crippen LogP contribution in [0.1, 0.15) is 42.9 Å². The molecule has 4 aromatic rings. The van der Waals surface area contributed by atoms with Crippen molar-refractivity contribution in [3.8, 4) is 22.6 Å². The Bertz CT molecular complexity index is 1460. The highest BCUT2D eigenvalue weighted by Crippen LogP contribution is 2.33. The molecule has 1 aliphatic rings. The quantitative estimate of drug-likeness (QED) is 0.231. The Hall–Kier alpha value is -3.81. The third-order valence-corrected chi connectivity index (χ3v) is 8.17. The van der Waals surface area contributed by atoms with E-state index in [0.29, 0.717) is 24.5 Å². The number of hydrogen-bond acceptors (Lipinski definition) is 5. The van der Waals surface area contributed by atoms with Crippen LogP contribution in [0.3, 0.4) is 0 Å². The number of ether oxygens (including phenoxy) is 2. The molecule has 41 heavy (non-hydrogen) atoms. The molecule has 1 aliphatic heterocycles. The fraction of sp³-hybridized carbons (Fsp3) is 0.382. The van der Waals surface area contributed by atoms with E-state index < -0.39 is 0 Å². The predicted octanol–water partition coefficient (Wildman–Crippen LogP) is 5.73. The average molecular weight is 556 g/mol. The first-order valence-corrected chi connectivity index (χ1v) is 14.5. The minimum Gasteiger partial charge on any atom is -0.504 e. The van der Waals surface area contributed by atoms with Crippen molar-refractivity contribution in [2.75, 3.05) is 33.9 Å². The van der Waals surface area contributed by atoms with Crippen LogP contribution < -0.4 is 10.5 Å². The Kier molecular flexibility index (Phi) is 9.27. The normalized spacial score (nSPS) is 16.2. The van der Waals surface area contributed by atoms with Crippen molar-refractivity contribution in [2.24, 2.45) is 5.73 Å². The van der Waals surface area contributed by atoms with Crippen molar-refractivity contribution < 1.29 is 19.4 Å². The number of para-hydroxylation sites is 1. The summed E-state index contributed by atoms with van der Waals surface area (Å²) < 4.78 is 13.0. The molecule has 0 bridgehead atoms. The topological polar surface area (TPSA) is 90.0 Å². The number of carbonyl (C=O) groups excluding carboxylic acids is 1. The molecule has 3 aromatic carbocycles. The van der Waals surface area contributed by atoms with E-state index in [9.17, 15) is 9.90 Å². The summed E-state index contributed by atoms with van der Waals surface area (Å²) in [4.78, 5) is 15.4. The van der Waals surface area contributed by atoms with Gasteiger partial charge in [0, 0.05) is 62.9 Å². The molecule has 216 valence electrons. The lowest BCUT2D eigenvalue weighted by atomic mass is 9.93. The number of amides is 1. The van der Waals surface area contributed by atoms with Crippen LogP contribution in [0.15, 0.2) is 72.8 Å². The van der Waals surface area contributed by atoms with E-state index in [0.717, 1.165) is 62.2 Å². The minimum atomic E-state index is -0.247. The van der Waals surface area contributed by atoms with Gasteiger partial charge in [-0.1, -0.05) is 48.5 Å². The maximum absolute atomic E-state index is 13.4. The Morgan fingerprint density at radius 1 is 1.05 bits per heavy atom. The number of aryl methyl sites for hydroxylation is 1. The van der Waals surface area contributed by atoms with Gasteiger partial charge in [0.05, 0.1) is 7.11 Å². The molecule has 1 saturated heterocycles. The third kappa shape index (κ3) is 6.75. The van der Waals surface area contributed by atoms with Gasteiger partial charge in [0.1, 0.15) is 0 Å². The second kappa shape index (κ2) is 13.2. The number of piperidine rings is 1. The number of nitrogens with two attached hydrogens (primary N) is 1. The van der Waals surface area contributed by atoms with E-state index in [1.807, 2.05) is 29.2 Å². The van der Waals surface area contributed by atoms with E-state index in [4.69, 9.17) is 15.2 Å². The number of nitrogens with zero attached hydrogens (tertiary/aromatic N) is 2. The van der Waals surface area contributed by atoms with Crippen molar-refractivity contribution >= 4 is 16.8 Å². The molecule has 0 saturated carbocycles. The maximum atomic E-state index is 13.4. The van der Waals surface area contributed by atoms with E-state index in [1.54, 1.807) is 20.3 Å². The number of benzene rings is 3. The Morgan fingerprint density at radius 2 is 1.83 bits per heavy atom. The molecule has 2 unspecified atom stereocenters. The standard InChI is InChI=1S/C34H41N3O4/c1-40-18-6-17-37-30-9-4-3-7-27(30)20-31(37)28-8-5-16-36(23-28)34(39)22-29(35)19-24-10-12-25(13-11-24)26-14-15-32(38)33(21-26)41-2/h3-4,7,9-15,20-21,28-29,38H,5-6,8,16-19,22-23,35H2,1-2H3. The average Bonchev–Trinajstić information content (AvgIpc) is 3.36. The third-order valence-electron chi connectivity index (χ3n) is 8.17. The van der Waals surface area contributed by atoms with Gasteiger partial charge in [-0.05, 0) is 72.0 Å². The highest BCUT2D eigenvalue weighted by molar-refractivity contribution is 5.82. The predicted molar refractivity (Wildman–Crippen MR) is 163 cm³/mol. The molecule has 0 radical (unpaired) electrons. The Balaban J connectivity index is 1.21. The monoisotopic (exact) mass is 555 g/mol. The number of fused-ring (bicyclic) bond motifs is 1. The molecular formula is C34H41N3O4. The number of phenols is 1. The van der Waals surface area contributed by atoms with Gasteiger partial charge in [0.15, 0.2) is 11.5 Å². The molecule has 1 aromatic heterocycles. The molecule has 2 atom stereocenters. The lowest BCUT2D eigenvalue weighted by Crippen LogP contribution is -2.42. The van der Waals surface area contributed by atoms with Crippen LogP contribution in [-0.2, 0) is 22.5 Å². The number of rotatable bonds is 11. The second-order valence-corrected chi connectivity index (χ2v) is 11.1. The molecule has 7 heteroatoms. The first kappa shape index (κ1) is 28.7. The summed E-state index contributed by atoms with van der Waals surface area (Å²) in [6.45, 7) is 3.16. The smallest absolute Gasteiger partial charge is 0.224 e. The molecule has 0 aliphatic carbocycles. The molecule has 0 spiro atoms. The fourth-order valence-corrected chi connectivity index (χ4v) is 6.05. The lowest BCUT2D eigenvalue weighted by Gasteiger charge is -2.34. The van der Waals surface area contributed by atoms with Gasteiger partial charge in [-0.25, -0.2) is 0 Å². The van der Waals surface area contributed by atoms with Crippen molar-refractivity contribution in [1.29, 1.82) is 0 Å². The molecule has 5 rings (SSSR count). The SMILES string of the molecule is COCCCn1c(C2CCCN(C(=O)CC(N)Cc3ccc(-c4ccc(O)c(OC)c4)cc3)C2)cc2ccccc21. The first-order chi connectivity index (χ1) is 20.0. The molecular weight excluding hydrogens is 514 g/mol. The minimum absolute atomic E-state index is 0.119. The van der Waals surface area contributed by atoms with Crippen molar-refractivity contribution in [3.63, 3.8) is 0 Å². The number of aromatic nitrogens is 1. The molecule has 7 nitrogen and oxygen atoms in total. The number of phenolic OH excluding ortho intramolecular Hbond substituents is 1. The molecule has 1 amide bonds. The number of likely N-dealkylation sites (tertiary alicyclic amines) is 1. The summed E-state index contributed by atoms with van der Waals surface area (Å²) in [5.41, 5.74) is 12.1. The van der Waals surface area contributed by atoms with Crippen molar-refractivity contribution in [2.45, 2.75) is 50.6 Å². The van der Waals surface area contributed by atoms with Crippen LogP contribution in [0.5, 0.6) is 11.5 Å². The van der Waals surface area contributed by atoms with Gasteiger partial charge in [-0.15, -0.1) is 0 Å². The van der Waals surface area contributed by atoms with Crippen LogP contribution in [0.25, 0.3) is 22.0 Å². The van der Waals surface area contributed by atoms with Crippen LogP contribution >= 0.6 is 0 Å². The number of methoxy groups -OCH3 is 2. The molecule has 1 fully saturated rings. The largest absolute Gasteiger partial charge is 0.504 e. The summed E-state index contributed by atoms with van der Waals surface area (Å²) in [5, 5.41) is 11.1. The van der Waals surface area contributed by atoms with E-state index >= 15 is 0 Å². The van der Waals surface area contributed by atoms with Crippen LogP contribution in [-0.4, -0.2) is 60.4 Å². The van der Waals surface area contributed by atoms with E-state index in [1.165, 1.54) is 16.6 Å². The van der Waals surface area contributed by atoms with Gasteiger partial charge in [0.25, 0.3) is 0 Å². The Labute approximate surface area is 242 Å². The summed E-state index contributed by atoms with van der Waals surface area (Å²) in [6.07, 6.45) is 4.00. The first-order valence-electron chi connectivity index (χ1n) is 14.5. The number of carbonyl (C=O) groups is 1. The summed E-state index contributed by atoms with van der Waals surface area (Å²) >= 11 is 0. The van der Waals surface area contributed by atoms with Gasteiger partial charge >= 0.3 is 0 Å². The zero-order chi connectivity index (χ0) is 28.8. The Morgan fingerprint density at radius 3 is 2.61 bits per heavy atom. The van der Waals surface area contributed by atoms with Crippen molar-refractivity contribution in [1.82, 2.24) is 9.47 Å². The number of hydrogen-bond donors (Lipinski definition) is 2. The second-order valence-electron chi connectivity index (χ2n) is 11.1. The lowest BCUT2D eigenvalue weighted by molar-refractivity contribution is -0.132. The highest BCUT2D eigenvalue weighted by Gasteiger charge is 2.28. The van der Waals surface area contributed by atoms with Gasteiger partial charge in [-0.3, -0.25) is 4.79 Å². The fourth-order valence-electron chi connectivity index (χ4n) is 6.05. The zero-order valence-electron chi connectivity index (χ0n) is 24.1. The van der Waals surface area contributed by atoms with E-state index in [2.05, 4.69) is 47.0 Å². The van der Waals surface area contributed by atoms with Crippen molar-refractivity contribution in [3.05, 3.63) is 84.1 Å². The van der Waals surface area contributed by atoms with E-state index in [-0.39, 0.29) is 17.7 Å². The highest BCUT2D eigenvalue weighted by atomic mass is 16.5. The summed E-state index contributed by atoms with van der Waals surface area (Å²) in [5.74, 6) is 1.01. The summed E-state index contributed by atoms with van der Waals surface area (Å²) in [6, 6.07) is 24.1. The van der Waals surface area contributed by atoms with Gasteiger partial charge in [-0.2, -0.15) is 0 Å². The van der Waals surface area contributed by atoms with Gasteiger partial charge < -0.3 is 29.8 Å². The van der Waals surface area contributed by atoms with Crippen LogP contribution in [0.2, 0.25) is 0 Å². The molecule has 3 N–H and O–H groups in total.